The van der Waals surface area contributed by atoms with Gasteiger partial charge in [0.15, 0.2) is 6.29 Å². The minimum absolute atomic E-state index is 0.289. The van der Waals surface area contributed by atoms with Gasteiger partial charge in [-0.3, -0.25) is 0 Å². The third-order valence-electron chi connectivity index (χ3n) is 3.52. The first-order chi connectivity index (χ1) is 11.7. The lowest BCUT2D eigenvalue weighted by Crippen LogP contribution is -2.08. The highest BCUT2D eigenvalue weighted by Gasteiger charge is 2.10. The summed E-state index contributed by atoms with van der Waals surface area (Å²) in [5.74, 6) is 0.886. The summed E-state index contributed by atoms with van der Waals surface area (Å²) in [4.78, 5) is 0. The van der Waals surface area contributed by atoms with Crippen molar-refractivity contribution < 1.29 is 14.2 Å². The Morgan fingerprint density at radius 1 is 0.875 bits per heavy atom. The molecule has 128 valence electrons. The predicted molar refractivity (Wildman–Crippen MR) is 98.1 cm³/mol. The highest BCUT2D eigenvalue weighted by atomic mass is 16.7. The van der Waals surface area contributed by atoms with E-state index in [0.717, 1.165) is 16.9 Å². The van der Waals surface area contributed by atoms with Gasteiger partial charge in [-0.2, -0.15) is 0 Å². The van der Waals surface area contributed by atoms with Crippen LogP contribution < -0.4 is 4.74 Å². The Hall–Kier alpha value is -2.10. The maximum absolute atomic E-state index is 5.68. The number of rotatable bonds is 9. The van der Waals surface area contributed by atoms with Crippen molar-refractivity contribution in [3.05, 3.63) is 71.3 Å². The molecule has 2 aromatic carbocycles. The fraction of sp³-hybridized carbons (Fsp3) is 0.333. The summed E-state index contributed by atoms with van der Waals surface area (Å²) in [6, 6.07) is 16.3. The molecule has 0 saturated carbocycles. The van der Waals surface area contributed by atoms with Crippen molar-refractivity contribution in [2.24, 2.45) is 0 Å². The highest BCUT2D eigenvalue weighted by Crippen LogP contribution is 2.20. The number of hydrogen-bond acceptors (Lipinski definition) is 3. The number of hydrogen-bond donors (Lipinski definition) is 0. The van der Waals surface area contributed by atoms with Crippen LogP contribution in [0.5, 0.6) is 5.75 Å². The number of ether oxygens (including phenoxy) is 3. The van der Waals surface area contributed by atoms with Crippen LogP contribution in [-0.4, -0.2) is 19.8 Å². The first kappa shape index (κ1) is 18.2. The first-order valence-electron chi connectivity index (χ1n) is 8.42. The summed E-state index contributed by atoms with van der Waals surface area (Å²) in [6.07, 6.45) is 3.77. The second-order valence-corrected chi connectivity index (χ2v) is 5.44. The van der Waals surface area contributed by atoms with Crippen LogP contribution in [0.25, 0.3) is 6.08 Å². The van der Waals surface area contributed by atoms with E-state index in [0.29, 0.717) is 19.8 Å². The van der Waals surface area contributed by atoms with Gasteiger partial charge in [-0.1, -0.05) is 48.0 Å². The molecular formula is C21H26O3. The number of aryl methyl sites for hydroxylation is 1. The van der Waals surface area contributed by atoms with Crippen molar-refractivity contribution in [1.29, 1.82) is 0 Å². The topological polar surface area (TPSA) is 27.7 Å². The lowest BCUT2D eigenvalue weighted by molar-refractivity contribution is -0.140. The Morgan fingerprint density at radius 3 is 2.08 bits per heavy atom. The van der Waals surface area contributed by atoms with E-state index in [9.17, 15) is 0 Å². The van der Waals surface area contributed by atoms with Gasteiger partial charge in [-0.05, 0) is 44.5 Å². The van der Waals surface area contributed by atoms with Gasteiger partial charge in [-0.15, -0.1) is 0 Å². The Balaban J connectivity index is 1.87. The van der Waals surface area contributed by atoms with Crippen LogP contribution in [0.15, 0.2) is 54.6 Å². The molecule has 0 atom stereocenters. The molecule has 0 aliphatic heterocycles. The van der Waals surface area contributed by atoms with Gasteiger partial charge in [0.2, 0.25) is 0 Å². The first-order valence-corrected chi connectivity index (χ1v) is 8.42. The molecule has 0 spiro atoms. The second kappa shape index (κ2) is 9.91. The van der Waals surface area contributed by atoms with Gasteiger partial charge in [0.05, 0.1) is 0 Å². The summed E-state index contributed by atoms with van der Waals surface area (Å²) in [5, 5.41) is 0. The third kappa shape index (κ3) is 5.84. The summed E-state index contributed by atoms with van der Waals surface area (Å²) >= 11 is 0. The second-order valence-electron chi connectivity index (χ2n) is 5.44. The fourth-order valence-electron chi connectivity index (χ4n) is 2.27. The standard InChI is InChI=1S/C21H26O3/c1-4-22-21(23-5-2)19-12-10-18(11-13-19)7-6-16-24-20-14-8-17(3)9-15-20/h6-15,21H,4-5,16H2,1-3H3/b7-6+. The molecular weight excluding hydrogens is 300 g/mol. The Morgan fingerprint density at radius 2 is 1.50 bits per heavy atom. The van der Waals surface area contributed by atoms with E-state index >= 15 is 0 Å². The van der Waals surface area contributed by atoms with Gasteiger partial charge >= 0.3 is 0 Å². The van der Waals surface area contributed by atoms with Crippen molar-refractivity contribution in [2.75, 3.05) is 19.8 Å². The number of benzene rings is 2. The summed E-state index contributed by atoms with van der Waals surface area (Å²) in [6.45, 7) is 7.81. The SMILES string of the molecule is CCOC(OCC)c1ccc(/C=C/COc2ccc(C)cc2)cc1. The van der Waals surface area contributed by atoms with Crippen LogP contribution in [0, 0.1) is 6.92 Å². The minimum Gasteiger partial charge on any atom is -0.490 e. The predicted octanol–water partition coefficient (Wildman–Crippen LogP) is 5.16. The van der Waals surface area contributed by atoms with E-state index < -0.39 is 0 Å². The molecule has 3 nitrogen and oxygen atoms in total. The molecule has 2 rings (SSSR count). The quantitative estimate of drug-likeness (QED) is 0.596. The molecule has 24 heavy (non-hydrogen) atoms. The fourth-order valence-corrected chi connectivity index (χ4v) is 2.27. The van der Waals surface area contributed by atoms with Gasteiger partial charge in [0.25, 0.3) is 0 Å². The molecule has 0 bridgehead atoms. The summed E-state index contributed by atoms with van der Waals surface area (Å²) < 4.78 is 16.9. The lowest BCUT2D eigenvalue weighted by Gasteiger charge is -2.17. The van der Waals surface area contributed by atoms with Crippen molar-refractivity contribution in [1.82, 2.24) is 0 Å². The van der Waals surface area contributed by atoms with Crippen LogP contribution in [0.3, 0.4) is 0 Å². The molecule has 0 amide bonds. The maximum Gasteiger partial charge on any atom is 0.183 e. The molecule has 0 heterocycles. The zero-order chi connectivity index (χ0) is 17.2. The van der Waals surface area contributed by atoms with Gasteiger partial charge in [0.1, 0.15) is 12.4 Å². The van der Waals surface area contributed by atoms with Crippen molar-refractivity contribution in [2.45, 2.75) is 27.1 Å². The van der Waals surface area contributed by atoms with Crippen molar-refractivity contribution >= 4 is 6.08 Å². The zero-order valence-electron chi connectivity index (χ0n) is 14.7. The minimum atomic E-state index is -0.289. The van der Waals surface area contributed by atoms with E-state index in [1.807, 2.05) is 62.4 Å². The Bertz CT molecular complexity index is 609. The summed E-state index contributed by atoms with van der Waals surface area (Å²) in [7, 11) is 0. The Labute approximate surface area is 144 Å². The molecule has 0 N–H and O–H groups in total. The zero-order valence-corrected chi connectivity index (χ0v) is 14.7. The van der Waals surface area contributed by atoms with Crippen molar-refractivity contribution in [3.63, 3.8) is 0 Å². The van der Waals surface area contributed by atoms with Gasteiger partial charge < -0.3 is 14.2 Å². The molecule has 0 aliphatic carbocycles. The normalized spacial score (nSPS) is 11.3. The van der Waals surface area contributed by atoms with Crippen LogP contribution in [0.1, 0.15) is 36.8 Å². The lowest BCUT2D eigenvalue weighted by atomic mass is 10.1. The molecule has 0 aromatic heterocycles. The molecule has 0 aliphatic rings. The average Bonchev–Trinajstić information content (AvgIpc) is 2.61. The third-order valence-corrected chi connectivity index (χ3v) is 3.52. The summed E-state index contributed by atoms with van der Waals surface area (Å²) in [5.41, 5.74) is 3.39. The molecule has 0 fully saturated rings. The highest BCUT2D eigenvalue weighted by molar-refractivity contribution is 5.49. The van der Waals surface area contributed by atoms with E-state index in [2.05, 4.69) is 19.1 Å². The average molecular weight is 326 g/mol. The Kier molecular flexibility index (Phi) is 7.53. The smallest absolute Gasteiger partial charge is 0.183 e. The van der Waals surface area contributed by atoms with E-state index in [1.165, 1.54) is 5.56 Å². The molecule has 3 heteroatoms. The van der Waals surface area contributed by atoms with E-state index in [-0.39, 0.29) is 6.29 Å². The van der Waals surface area contributed by atoms with Crippen LogP contribution >= 0.6 is 0 Å². The van der Waals surface area contributed by atoms with Crippen LogP contribution in [0.4, 0.5) is 0 Å². The van der Waals surface area contributed by atoms with Crippen molar-refractivity contribution in [3.8, 4) is 5.75 Å². The molecule has 2 aromatic rings. The van der Waals surface area contributed by atoms with E-state index in [4.69, 9.17) is 14.2 Å². The van der Waals surface area contributed by atoms with Crippen LogP contribution in [-0.2, 0) is 9.47 Å². The molecule has 0 radical (unpaired) electrons. The maximum atomic E-state index is 5.68. The molecule has 0 saturated heterocycles. The monoisotopic (exact) mass is 326 g/mol. The van der Waals surface area contributed by atoms with E-state index in [1.54, 1.807) is 0 Å². The largest absolute Gasteiger partial charge is 0.490 e. The van der Waals surface area contributed by atoms with Crippen LogP contribution in [0.2, 0.25) is 0 Å². The van der Waals surface area contributed by atoms with Gasteiger partial charge in [-0.25, -0.2) is 0 Å². The van der Waals surface area contributed by atoms with Gasteiger partial charge in [0, 0.05) is 18.8 Å². The molecule has 0 unspecified atom stereocenters.